The normalized spacial score (nSPS) is 11.1. The Balaban J connectivity index is 1.35. The Bertz CT molecular complexity index is 2710. The van der Waals surface area contributed by atoms with Gasteiger partial charge in [0.25, 0.3) is 17.3 Å². The van der Waals surface area contributed by atoms with Crippen LogP contribution in [0.4, 0.5) is 11.4 Å². The number of rotatable bonds is 10. The monoisotopic (exact) mass is 747 g/mol. The summed E-state index contributed by atoms with van der Waals surface area (Å²) in [4.78, 5) is 38.5. The molecule has 0 aliphatic rings. The Morgan fingerprint density at radius 1 is 0.439 bits per heavy atom. The van der Waals surface area contributed by atoms with Crippen LogP contribution in [0.1, 0.15) is 0 Å². The van der Waals surface area contributed by atoms with E-state index in [0.717, 1.165) is 22.3 Å². The van der Waals surface area contributed by atoms with Crippen molar-refractivity contribution in [2.45, 2.75) is 0 Å². The minimum absolute atomic E-state index is 0.0937. The number of non-ortho nitro benzene ring substituents is 2. The maximum absolute atomic E-state index is 12.0. The Kier molecular flexibility index (Phi) is 8.76. The SMILES string of the molecule is O=[N+]([O-])c1cccc(-c2nc(-c3ccccc3)c(-c3ccccc3)n2-c2n[nH]c(-n3c(-c4cccc([N+](=O)[O-])c4)nc(-c4ccccc4)c3-c3ccccc3)n2)c1. The van der Waals surface area contributed by atoms with Crippen molar-refractivity contribution in [3.8, 4) is 79.7 Å². The lowest BCUT2D eigenvalue weighted by Gasteiger charge is -2.11. The molecule has 9 rings (SSSR count). The third-order valence-corrected chi connectivity index (χ3v) is 9.45. The summed E-state index contributed by atoms with van der Waals surface area (Å²) >= 11 is 0. The van der Waals surface area contributed by atoms with Crippen molar-refractivity contribution in [1.29, 1.82) is 0 Å². The Morgan fingerprint density at radius 3 is 1.26 bits per heavy atom. The summed E-state index contributed by atoms with van der Waals surface area (Å²) in [5.41, 5.74) is 6.60. The summed E-state index contributed by atoms with van der Waals surface area (Å²) in [5.74, 6) is 1.22. The van der Waals surface area contributed by atoms with Crippen LogP contribution in [0.3, 0.4) is 0 Å². The number of benzene rings is 6. The van der Waals surface area contributed by atoms with Gasteiger partial charge in [-0.3, -0.25) is 29.4 Å². The smallest absolute Gasteiger partial charge is 0.260 e. The topological polar surface area (TPSA) is 163 Å². The number of imidazole rings is 2. The summed E-state index contributed by atoms with van der Waals surface area (Å²) in [6.07, 6.45) is 0. The number of hydrogen-bond acceptors (Lipinski definition) is 8. The first-order valence-corrected chi connectivity index (χ1v) is 17.8. The van der Waals surface area contributed by atoms with E-state index in [0.29, 0.717) is 45.6 Å². The average molecular weight is 748 g/mol. The quantitative estimate of drug-likeness (QED) is 0.107. The fourth-order valence-electron chi connectivity index (χ4n) is 6.91. The number of nitrogens with one attached hydrogen (secondary N) is 1. The summed E-state index contributed by atoms with van der Waals surface area (Å²) in [5, 5.41) is 31.9. The standard InChI is InChI=1S/C44H29N9O4/c54-52(55)35-25-13-23-33(27-35)41-45-37(29-15-5-1-6-16-29)39(31-19-9-3-10-20-31)50(41)43-47-44(49-48-43)51-40(32-21-11-4-12-22-32)38(30-17-7-2-8-18-30)46-42(51)34-24-14-26-36(28-34)53(56)57/h1-28H,(H,47,48,49). The molecule has 0 saturated carbocycles. The number of nitrogens with zero attached hydrogens (tertiary/aromatic N) is 8. The van der Waals surface area contributed by atoms with Crippen LogP contribution in [0, 0.1) is 20.2 Å². The molecule has 0 amide bonds. The molecule has 57 heavy (non-hydrogen) atoms. The number of aromatic nitrogens is 7. The van der Waals surface area contributed by atoms with E-state index < -0.39 is 9.85 Å². The molecule has 3 heterocycles. The van der Waals surface area contributed by atoms with E-state index in [1.807, 2.05) is 126 Å². The zero-order chi connectivity index (χ0) is 38.9. The molecule has 274 valence electrons. The minimum atomic E-state index is -0.443. The maximum atomic E-state index is 12.0. The second-order valence-corrected chi connectivity index (χ2v) is 13.0. The zero-order valence-corrected chi connectivity index (χ0v) is 29.9. The van der Waals surface area contributed by atoms with Gasteiger partial charge in [0, 0.05) is 57.6 Å². The molecule has 9 aromatic rings. The van der Waals surface area contributed by atoms with E-state index >= 15 is 0 Å². The number of nitro benzene ring substituents is 2. The lowest BCUT2D eigenvalue weighted by atomic mass is 10.0. The van der Waals surface area contributed by atoms with Gasteiger partial charge in [-0.2, -0.15) is 4.98 Å². The number of aromatic amines is 1. The van der Waals surface area contributed by atoms with Gasteiger partial charge in [0.05, 0.1) is 32.6 Å². The molecule has 13 nitrogen and oxygen atoms in total. The molecular weight excluding hydrogens is 719 g/mol. The summed E-state index contributed by atoms with van der Waals surface area (Å²) in [7, 11) is 0. The van der Waals surface area contributed by atoms with Crippen LogP contribution in [-0.2, 0) is 0 Å². The molecule has 6 aromatic carbocycles. The molecule has 1 N–H and O–H groups in total. The Labute approximate surface area is 324 Å². The Morgan fingerprint density at radius 2 is 0.825 bits per heavy atom. The van der Waals surface area contributed by atoms with Crippen molar-refractivity contribution < 1.29 is 9.85 Å². The van der Waals surface area contributed by atoms with E-state index in [2.05, 4.69) is 5.10 Å². The van der Waals surface area contributed by atoms with E-state index in [9.17, 15) is 20.2 Å². The van der Waals surface area contributed by atoms with Crippen molar-refractivity contribution in [1.82, 2.24) is 34.3 Å². The van der Waals surface area contributed by atoms with Gasteiger partial charge >= 0.3 is 0 Å². The molecule has 0 aliphatic carbocycles. The highest BCUT2D eigenvalue weighted by atomic mass is 16.6. The van der Waals surface area contributed by atoms with Crippen LogP contribution in [0.2, 0.25) is 0 Å². The van der Waals surface area contributed by atoms with Gasteiger partial charge in [-0.05, 0) is 0 Å². The predicted molar refractivity (Wildman–Crippen MR) is 217 cm³/mol. The molecular formula is C44H29N9O4. The Hall–Kier alpha value is -8.32. The molecule has 0 saturated heterocycles. The third-order valence-electron chi connectivity index (χ3n) is 9.45. The fraction of sp³-hybridized carbons (Fsp3) is 0. The minimum Gasteiger partial charge on any atom is -0.260 e. The van der Waals surface area contributed by atoms with Crippen molar-refractivity contribution >= 4 is 11.4 Å². The first-order chi connectivity index (χ1) is 27.9. The zero-order valence-electron chi connectivity index (χ0n) is 29.9. The van der Waals surface area contributed by atoms with Crippen LogP contribution in [-0.4, -0.2) is 44.1 Å². The number of H-pyrrole nitrogens is 1. The van der Waals surface area contributed by atoms with Crippen molar-refractivity contribution in [2.75, 3.05) is 0 Å². The van der Waals surface area contributed by atoms with Gasteiger partial charge in [-0.25, -0.2) is 15.1 Å². The molecule has 3 aromatic heterocycles. The summed E-state index contributed by atoms with van der Waals surface area (Å²) in [6.45, 7) is 0. The van der Waals surface area contributed by atoms with Gasteiger partial charge in [0.1, 0.15) is 11.6 Å². The average Bonchev–Trinajstić information content (AvgIpc) is 4.01. The second-order valence-electron chi connectivity index (χ2n) is 13.0. The first-order valence-electron chi connectivity index (χ1n) is 17.8. The third kappa shape index (κ3) is 6.40. The summed E-state index contributed by atoms with van der Waals surface area (Å²) < 4.78 is 3.61. The van der Waals surface area contributed by atoms with Crippen LogP contribution in [0.25, 0.3) is 79.7 Å². The van der Waals surface area contributed by atoms with E-state index in [1.54, 1.807) is 28.8 Å². The molecule has 13 heteroatoms. The van der Waals surface area contributed by atoms with Crippen molar-refractivity contribution in [2.24, 2.45) is 0 Å². The fourth-order valence-corrected chi connectivity index (χ4v) is 6.91. The first kappa shape index (κ1) is 34.4. The van der Waals surface area contributed by atoms with Crippen LogP contribution in [0.15, 0.2) is 170 Å². The molecule has 0 unspecified atom stereocenters. The highest BCUT2D eigenvalue weighted by Crippen LogP contribution is 2.41. The van der Waals surface area contributed by atoms with Crippen LogP contribution < -0.4 is 0 Å². The second kappa shape index (κ2) is 14.5. The molecule has 0 fully saturated rings. The predicted octanol–water partition coefficient (Wildman–Crippen LogP) is 9.99. The maximum Gasteiger partial charge on any atom is 0.270 e. The number of hydrogen-bond donors (Lipinski definition) is 1. The van der Waals surface area contributed by atoms with Crippen molar-refractivity contribution in [3.05, 3.63) is 190 Å². The van der Waals surface area contributed by atoms with E-state index in [-0.39, 0.29) is 23.3 Å². The van der Waals surface area contributed by atoms with Gasteiger partial charge in [0.15, 0.2) is 0 Å². The van der Waals surface area contributed by atoms with E-state index in [4.69, 9.17) is 20.1 Å². The highest BCUT2D eigenvalue weighted by Gasteiger charge is 2.29. The van der Waals surface area contributed by atoms with Gasteiger partial charge in [-0.1, -0.05) is 146 Å². The van der Waals surface area contributed by atoms with Crippen LogP contribution in [0.5, 0.6) is 0 Å². The highest BCUT2D eigenvalue weighted by molar-refractivity contribution is 5.85. The molecule has 0 atom stereocenters. The van der Waals surface area contributed by atoms with Gasteiger partial charge in [-0.15, -0.1) is 5.10 Å². The molecule has 0 bridgehead atoms. The van der Waals surface area contributed by atoms with Crippen LogP contribution >= 0.6 is 0 Å². The number of nitro groups is 2. The lowest BCUT2D eigenvalue weighted by molar-refractivity contribution is -0.385. The van der Waals surface area contributed by atoms with Gasteiger partial charge in [0.2, 0.25) is 5.95 Å². The van der Waals surface area contributed by atoms with Crippen molar-refractivity contribution in [3.63, 3.8) is 0 Å². The molecule has 0 radical (unpaired) electrons. The van der Waals surface area contributed by atoms with E-state index in [1.165, 1.54) is 24.3 Å². The molecule has 0 spiro atoms. The summed E-state index contributed by atoms with van der Waals surface area (Å²) in [6, 6.07) is 51.3. The van der Waals surface area contributed by atoms with Gasteiger partial charge < -0.3 is 0 Å². The largest absolute Gasteiger partial charge is 0.270 e. The molecule has 0 aliphatic heterocycles. The lowest BCUT2D eigenvalue weighted by Crippen LogP contribution is -2.05.